The van der Waals surface area contributed by atoms with E-state index in [-0.39, 0.29) is 24.2 Å². The zero-order chi connectivity index (χ0) is 27.7. The molecule has 11 heteroatoms. The summed E-state index contributed by atoms with van der Waals surface area (Å²) in [5, 5.41) is 26.2. The maximum atomic E-state index is 13.8. The van der Waals surface area contributed by atoms with E-state index in [1.807, 2.05) is 0 Å². The number of likely N-dealkylation sites (N-methyl/N-ethyl adjacent to an activating group) is 1. The van der Waals surface area contributed by atoms with Crippen LogP contribution in [0.1, 0.15) is 53.6 Å². The van der Waals surface area contributed by atoms with Gasteiger partial charge < -0.3 is 21.3 Å². The van der Waals surface area contributed by atoms with Gasteiger partial charge in [-0.2, -0.15) is 0 Å². The molecule has 10 nitrogen and oxygen atoms in total. The first-order chi connectivity index (χ1) is 17.9. The first-order valence-electron chi connectivity index (χ1n) is 13.0. The van der Waals surface area contributed by atoms with E-state index >= 15 is 0 Å². The number of amides is 1. The van der Waals surface area contributed by atoms with Crippen LogP contribution in [0.5, 0.6) is 5.75 Å². The Morgan fingerprint density at radius 1 is 1.18 bits per heavy atom. The van der Waals surface area contributed by atoms with Crippen LogP contribution in [0.15, 0.2) is 6.07 Å². The van der Waals surface area contributed by atoms with Crippen LogP contribution in [0.3, 0.4) is 0 Å². The first kappa shape index (κ1) is 26.9. The molecule has 4 aliphatic rings. The van der Waals surface area contributed by atoms with Gasteiger partial charge in [0.15, 0.2) is 34.7 Å². The first-order valence-corrected chi connectivity index (χ1v) is 13.4. The van der Waals surface area contributed by atoms with Crippen LogP contribution in [0, 0.1) is 23.7 Å². The number of fused-ring (bicyclic) bond motifs is 3. The number of benzene rings is 1. The number of carbonyl (C=O) groups excluding carboxylic acids is 5. The molecule has 5 rings (SSSR count). The Morgan fingerprint density at radius 3 is 2.45 bits per heavy atom. The maximum Gasteiger partial charge on any atom is 0.235 e. The standard InChI is InChI=1S/C27H32ClN3O7/c1-31(2)21-15-8-11-7-14-18(16(32)9-12(20(14)28)10-30-13-5-3-4-6-13)22(33)17(11)24(35)27(15,38)25(36)19(23(21)34)26(29)37/h9,11,13,15,17,19,21,30,32,38H,3-8,10H2,1-2H3,(H2,29,37)/t11-,15-,17?,19?,21-,27-/m0/s1. The summed E-state index contributed by atoms with van der Waals surface area (Å²) in [5.41, 5.74) is 3.56. The van der Waals surface area contributed by atoms with Gasteiger partial charge in [0.25, 0.3) is 0 Å². The van der Waals surface area contributed by atoms with E-state index in [0.717, 1.165) is 25.7 Å². The van der Waals surface area contributed by atoms with E-state index in [9.17, 15) is 34.2 Å². The highest BCUT2D eigenvalue weighted by Crippen LogP contribution is 2.51. The molecule has 0 aromatic heterocycles. The fourth-order valence-corrected chi connectivity index (χ4v) is 7.51. The molecule has 2 unspecified atom stereocenters. The lowest BCUT2D eigenvalue weighted by Gasteiger charge is -2.52. The minimum atomic E-state index is -2.73. The number of aliphatic hydroxyl groups is 1. The van der Waals surface area contributed by atoms with Crippen molar-refractivity contribution in [3.8, 4) is 5.75 Å². The van der Waals surface area contributed by atoms with Crippen LogP contribution in [-0.2, 0) is 32.1 Å². The molecule has 204 valence electrons. The molecule has 1 aromatic carbocycles. The molecule has 5 N–H and O–H groups in total. The normalized spacial score (nSPS) is 33.3. The lowest BCUT2D eigenvalue weighted by Crippen LogP contribution is -2.74. The van der Waals surface area contributed by atoms with Crippen LogP contribution in [0.25, 0.3) is 0 Å². The molecule has 1 amide bonds. The highest BCUT2D eigenvalue weighted by atomic mass is 35.5. The molecule has 38 heavy (non-hydrogen) atoms. The molecule has 0 heterocycles. The maximum absolute atomic E-state index is 13.8. The van der Waals surface area contributed by atoms with E-state index in [1.165, 1.54) is 11.0 Å². The predicted octanol–water partition coefficient (Wildman–Crippen LogP) is 0.553. The van der Waals surface area contributed by atoms with Gasteiger partial charge in [-0.1, -0.05) is 24.4 Å². The Balaban J connectivity index is 1.54. The van der Waals surface area contributed by atoms with Gasteiger partial charge in [-0.05, 0) is 62.9 Å². The Labute approximate surface area is 224 Å². The fourth-order valence-electron chi connectivity index (χ4n) is 7.22. The van der Waals surface area contributed by atoms with Crippen molar-refractivity contribution in [3.05, 3.63) is 27.8 Å². The van der Waals surface area contributed by atoms with Crippen molar-refractivity contribution in [1.29, 1.82) is 0 Å². The third-order valence-corrected chi connectivity index (χ3v) is 9.48. The van der Waals surface area contributed by atoms with Crippen molar-refractivity contribution in [3.63, 3.8) is 0 Å². The largest absolute Gasteiger partial charge is 0.507 e. The molecule has 0 saturated heterocycles. The van der Waals surface area contributed by atoms with Crippen molar-refractivity contribution in [2.45, 2.75) is 62.8 Å². The fraction of sp³-hybridized carbons (Fsp3) is 0.593. The van der Waals surface area contributed by atoms with Gasteiger partial charge >= 0.3 is 0 Å². The number of nitrogens with one attached hydrogen (secondary N) is 1. The molecule has 3 saturated carbocycles. The summed E-state index contributed by atoms with van der Waals surface area (Å²) in [7, 11) is 3.10. The molecule has 3 fully saturated rings. The van der Waals surface area contributed by atoms with Crippen molar-refractivity contribution < 1.29 is 34.2 Å². The summed E-state index contributed by atoms with van der Waals surface area (Å²) < 4.78 is 0. The monoisotopic (exact) mass is 545 g/mol. The number of carbonyl (C=O) groups is 5. The second-order valence-electron chi connectivity index (χ2n) is 11.4. The minimum absolute atomic E-state index is 0.00840. The van der Waals surface area contributed by atoms with Crippen molar-refractivity contribution >= 4 is 40.6 Å². The third kappa shape index (κ3) is 3.84. The number of phenolic OH excluding ortho intramolecular Hbond substituents is 1. The number of nitrogens with two attached hydrogens (primary N) is 1. The lowest BCUT2D eigenvalue weighted by atomic mass is 9.52. The van der Waals surface area contributed by atoms with Gasteiger partial charge in [0.1, 0.15) is 5.75 Å². The molecule has 0 aliphatic heterocycles. The second-order valence-corrected chi connectivity index (χ2v) is 11.8. The lowest BCUT2D eigenvalue weighted by molar-refractivity contribution is -0.181. The molecule has 4 aliphatic carbocycles. The number of aromatic hydroxyl groups is 1. The predicted molar refractivity (Wildman–Crippen MR) is 135 cm³/mol. The van der Waals surface area contributed by atoms with Gasteiger partial charge in [-0.25, -0.2) is 0 Å². The van der Waals surface area contributed by atoms with Crippen molar-refractivity contribution in [2.75, 3.05) is 14.1 Å². The van der Waals surface area contributed by atoms with Gasteiger partial charge in [0.05, 0.1) is 17.5 Å². The number of nitrogens with zero attached hydrogens (tertiary/aromatic N) is 1. The molecule has 0 bridgehead atoms. The third-order valence-electron chi connectivity index (χ3n) is 9.01. The Morgan fingerprint density at radius 2 is 1.84 bits per heavy atom. The summed E-state index contributed by atoms with van der Waals surface area (Å²) in [6, 6.07) is 0.641. The topological polar surface area (TPSA) is 167 Å². The highest BCUT2D eigenvalue weighted by molar-refractivity contribution is 6.34. The van der Waals surface area contributed by atoms with Crippen LogP contribution in [0.2, 0.25) is 5.02 Å². The number of halogens is 1. The number of phenols is 1. The Kier molecular flexibility index (Phi) is 6.74. The minimum Gasteiger partial charge on any atom is -0.507 e. The van der Waals surface area contributed by atoms with E-state index in [2.05, 4.69) is 5.32 Å². The average Bonchev–Trinajstić information content (AvgIpc) is 3.36. The number of rotatable bonds is 5. The Bertz CT molecular complexity index is 1260. The van der Waals surface area contributed by atoms with Crippen molar-refractivity contribution in [1.82, 2.24) is 10.2 Å². The molecule has 6 atom stereocenters. The SMILES string of the molecule is CN(C)[C@@H]1C(=O)C(C(N)=O)C(=O)[C@@]2(O)C(=O)C3C(=O)c4c(O)cc(CNC5CCCC5)c(Cl)c4C[C@H]3C[C@@H]12. The van der Waals surface area contributed by atoms with Crippen LogP contribution in [0.4, 0.5) is 0 Å². The summed E-state index contributed by atoms with van der Waals surface area (Å²) in [4.78, 5) is 67.4. The average molecular weight is 546 g/mol. The summed E-state index contributed by atoms with van der Waals surface area (Å²) in [5.74, 6) is -10.7. The van der Waals surface area contributed by atoms with Crippen molar-refractivity contribution in [2.24, 2.45) is 29.4 Å². The Hall–Kier alpha value is -2.66. The summed E-state index contributed by atoms with van der Waals surface area (Å²) in [6.07, 6.45) is 4.56. The van der Waals surface area contributed by atoms with E-state index < -0.39 is 64.4 Å². The number of primary amides is 1. The smallest absolute Gasteiger partial charge is 0.235 e. The molecule has 1 aromatic rings. The highest BCUT2D eigenvalue weighted by Gasteiger charge is 2.69. The second kappa shape index (κ2) is 9.51. The van der Waals surface area contributed by atoms with E-state index in [4.69, 9.17) is 17.3 Å². The summed E-state index contributed by atoms with van der Waals surface area (Å²) >= 11 is 6.76. The van der Waals surface area contributed by atoms with Gasteiger partial charge in [-0.15, -0.1) is 0 Å². The molecule has 0 radical (unpaired) electrons. The summed E-state index contributed by atoms with van der Waals surface area (Å²) in [6.45, 7) is 0.411. The zero-order valence-electron chi connectivity index (χ0n) is 21.3. The van der Waals surface area contributed by atoms with Crippen LogP contribution in [-0.4, -0.2) is 75.9 Å². The number of hydrogen-bond acceptors (Lipinski definition) is 9. The van der Waals surface area contributed by atoms with E-state index in [0.29, 0.717) is 28.7 Å². The number of ketones is 4. The van der Waals surface area contributed by atoms with E-state index in [1.54, 1.807) is 14.1 Å². The number of hydrogen-bond donors (Lipinski definition) is 4. The molecular weight excluding hydrogens is 514 g/mol. The van der Waals surface area contributed by atoms with Crippen LogP contribution >= 0.6 is 11.6 Å². The molecular formula is C27H32ClN3O7. The quantitative estimate of drug-likeness (QED) is 0.386. The van der Waals surface area contributed by atoms with Gasteiger partial charge in [0, 0.05) is 23.5 Å². The van der Waals surface area contributed by atoms with Gasteiger partial charge in [-0.3, -0.25) is 28.9 Å². The van der Waals surface area contributed by atoms with Gasteiger partial charge in [0.2, 0.25) is 5.91 Å². The molecule has 0 spiro atoms. The van der Waals surface area contributed by atoms with Crippen LogP contribution < -0.4 is 11.1 Å². The number of Topliss-reactive ketones (excluding diaryl/α,β-unsaturated/α-hetero) is 4. The zero-order valence-corrected chi connectivity index (χ0v) is 22.1.